The normalized spacial score (nSPS) is 15.0. The molecular weight excluding hydrogens is 448 g/mol. The van der Waals surface area contributed by atoms with Crippen molar-refractivity contribution in [3.63, 3.8) is 0 Å². The zero-order valence-electron chi connectivity index (χ0n) is 15.3. The van der Waals surface area contributed by atoms with Crippen molar-refractivity contribution in [2.45, 2.75) is 6.42 Å². The number of aromatic carboxylic acids is 1. The van der Waals surface area contributed by atoms with Crippen LogP contribution >= 0.6 is 35.6 Å². The number of rotatable bonds is 6. The molecule has 1 fully saturated rings. The average molecular weight is 462 g/mol. The lowest BCUT2D eigenvalue weighted by molar-refractivity contribution is -0.268. The van der Waals surface area contributed by atoms with Crippen molar-refractivity contribution in [2.24, 2.45) is 0 Å². The van der Waals surface area contributed by atoms with Gasteiger partial charge in [-0.25, -0.2) is 4.79 Å². The van der Waals surface area contributed by atoms with Gasteiger partial charge in [0, 0.05) is 23.7 Å². The molecule has 0 bridgehead atoms. The maximum absolute atomic E-state index is 12.6. The van der Waals surface area contributed by atoms with Crippen LogP contribution in [0.3, 0.4) is 0 Å². The molecule has 30 heavy (non-hydrogen) atoms. The fourth-order valence-electron chi connectivity index (χ4n) is 2.61. The summed E-state index contributed by atoms with van der Waals surface area (Å²) in [6, 6.07) is 10.5. The summed E-state index contributed by atoms with van der Waals surface area (Å²) in [4.78, 5) is 37.6. The van der Waals surface area contributed by atoms with E-state index in [9.17, 15) is 19.5 Å². The van der Waals surface area contributed by atoms with Gasteiger partial charge in [-0.2, -0.15) is 0 Å². The van der Waals surface area contributed by atoms with Crippen LogP contribution in [0, 0.1) is 0 Å². The Labute approximate surface area is 186 Å². The number of carboxylic acids is 1. The molecule has 7 nitrogen and oxygen atoms in total. The number of benzene rings is 2. The van der Waals surface area contributed by atoms with Crippen molar-refractivity contribution >= 4 is 69.4 Å². The molecule has 10 heteroatoms. The minimum Gasteiger partial charge on any atom is -0.872 e. The highest BCUT2D eigenvalue weighted by molar-refractivity contribution is 8.26. The fraction of sp³-hybridized carbons (Fsp3) is 0.100. The van der Waals surface area contributed by atoms with Crippen LogP contribution in [-0.4, -0.2) is 38.7 Å². The highest BCUT2D eigenvalue weighted by Gasteiger charge is 2.32. The van der Waals surface area contributed by atoms with Gasteiger partial charge in [0.2, 0.25) is 5.91 Å². The molecule has 3 rings (SSSR count). The summed E-state index contributed by atoms with van der Waals surface area (Å²) < 4.78 is 0.344. The van der Waals surface area contributed by atoms with Gasteiger partial charge in [0.1, 0.15) is 4.32 Å². The third-order valence-corrected chi connectivity index (χ3v) is 5.73. The molecular formula is C20H14ClN2O5S2-. The van der Waals surface area contributed by atoms with E-state index in [1.54, 1.807) is 30.3 Å². The summed E-state index contributed by atoms with van der Waals surface area (Å²) in [7, 11) is 0. The van der Waals surface area contributed by atoms with E-state index >= 15 is 0 Å². The van der Waals surface area contributed by atoms with Crippen molar-refractivity contribution in [2.75, 3.05) is 11.9 Å². The van der Waals surface area contributed by atoms with Crippen LogP contribution in [0.4, 0.5) is 5.69 Å². The van der Waals surface area contributed by atoms with E-state index in [4.69, 9.17) is 28.9 Å². The van der Waals surface area contributed by atoms with Crippen molar-refractivity contribution in [3.8, 4) is 5.75 Å². The lowest BCUT2D eigenvalue weighted by atomic mass is 10.1. The summed E-state index contributed by atoms with van der Waals surface area (Å²) in [5.41, 5.74) is 0.552. The van der Waals surface area contributed by atoms with Crippen LogP contribution in [0.15, 0.2) is 47.4 Å². The number of carbonyl (C=O) groups is 3. The topological polar surface area (TPSA) is 110 Å². The number of thioether (sulfide) groups is 1. The van der Waals surface area contributed by atoms with Crippen LogP contribution in [0.25, 0.3) is 6.08 Å². The van der Waals surface area contributed by atoms with Gasteiger partial charge in [-0.15, -0.1) is 0 Å². The summed E-state index contributed by atoms with van der Waals surface area (Å²) in [5.74, 6) is -2.76. The van der Waals surface area contributed by atoms with Crippen molar-refractivity contribution in [1.29, 1.82) is 0 Å². The number of amides is 2. The van der Waals surface area contributed by atoms with Gasteiger partial charge >= 0.3 is 5.97 Å². The minimum atomic E-state index is -1.37. The SMILES string of the molecule is O=C(CCN1C(=O)/C(=C/c2ccc(Cl)cc2)SC1=S)Nc1ccc([O-])c(C(=O)O)c1. The third-order valence-electron chi connectivity index (χ3n) is 4.10. The molecule has 0 radical (unpaired) electrons. The number of nitrogens with one attached hydrogen (secondary N) is 1. The molecule has 0 unspecified atom stereocenters. The first kappa shape index (κ1) is 21.8. The number of nitrogens with zero attached hydrogens (tertiary/aromatic N) is 1. The van der Waals surface area contributed by atoms with Gasteiger partial charge in [0.05, 0.1) is 10.5 Å². The number of anilines is 1. The second-order valence-corrected chi connectivity index (χ2v) is 8.31. The molecule has 1 aliphatic heterocycles. The molecule has 0 spiro atoms. The maximum atomic E-state index is 12.6. The molecule has 0 aliphatic carbocycles. The molecule has 1 saturated heterocycles. The minimum absolute atomic E-state index is 0.0534. The lowest BCUT2D eigenvalue weighted by Gasteiger charge is -2.15. The molecule has 0 saturated carbocycles. The number of thiocarbonyl (C=S) groups is 1. The average Bonchev–Trinajstić information content (AvgIpc) is 2.96. The number of halogens is 1. The molecule has 2 aromatic rings. The number of hydrogen-bond donors (Lipinski definition) is 2. The molecule has 2 N–H and O–H groups in total. The lowest BCUT2D eigenvalue weighted by Crippen LogP contribution is -2.31. The van der Waals surface area contributed by atoms with E-state index in [-0.39, 0.29) is 24.6 Å². The molecule has 1 aliphatic rings. The Balaban J connectivity index is 1.61. The summed E-state index contributed by atoms with van der Waals surface area (Å²) in [5, 5.41) is 23.6. The standard InChI is InChI=1S/C20H15ClN2O5S2/c21-12-3-1-11(2-4-12)9-16-18(26)23(20(29)30-16)8-7-17(25)22-13-5-6-15(24)14(10-13)19(27)28/h1-6,9-10,24H,7-8H2,(H,22,25)(H,27,28)/p-1/b16-9-. The van der Waals surface area contributed by atoms with E-state index in [1.807, 2.05) is 0 Å². The summed E-state index contributed by atoms with van der Waals surface area (Å²) in [6.45, 7) is 0.0693. The molecule has 0 aromatic heterocycles. The van der Waals surface area contributed by atoms with Crippen LogP contribution < -0.4 is 10.4 Å². The first-order chi connectivity index (χ1) is 14.2. The Bertz CT molecular complexity index is 1070. The number of hydrogen-bond acceptors (Lipinski definition) is 6. The van der Waals surface area contributed by atoms with Gasteiger partial charge in [0.25, 0.3) is 5.91 Å². The highest BCUT2D eigenvalue weighted by Crippen LogP contribution is 2.32. The second-order valence-electron chi connectivity index (χ2n) is 6.20. The van der Waals surface area contributed by atoms with Crippen LogP contribution in [0.1, 0.15) is 22.3 Å². The van der Waals surface area contributed by atoms with Crippen LogP contribution in [0.2, 0.25) is 5.02 Å². The largest absolute Gasteiger partial charge is 0.872 e. The van der Waals surface area contributed by atoms with E-state index in [0.717, 1.165) is 29.5 Å². The number of carboxylic acid groups (broad SMARTS) is 1. The Kier molecular flexibility index (Phi) is 6.76. The van der Waals surface area contributed by atoms with Crippen LogP contribution in [0.5, 0.6) is 5.75 Å². The van der Waals surface area contributed by atoms with Gasteiger partial charge in [-0.05, 0) is 35.9 Å². The van der Waals surface area contributed by atoms with Gasteiger partial charge in [0.15, 0.2) is 0 Å². The maximum Gasteiger partial charge on any atom is 0.335 e. The summed E-state index contributed by atoms with van der Waals surface area (Å²) in [6.07, 6.45) is 1.65. The predicted octanol–water partition coefficient (Wildman–Crippen LogP) is 3.34. The quantitative estimate of drug-likeness (QED) is 0.501. The van der Waals surface area contributed by atoms with Gasteiger partial charge < -0.3 is 15.5 Å². The Morgan fingerprint density at radius 1 is 1.23 bits per heavy atom. The highest BCUT2D eigenvalue weighted by atomic mass is 35.5. The first-order valence-electron chi connectivity index (χ1n) is 8.60. The Morgan fingerprint density at radius 3 is 2.60 bits per heavy atom. The first-order valence-corrected chi connectivity index (χ1v) is 10.2. The fourth-order valence-corrected chi connectivity index (χ4v) is 4.05. The van der Waals surface area contributed by atoms with Crippen molar-refractivity contribution in [3.05, 3.63) is 63.5 Å². The predicted molar refractivity (Wildman–Crippen MR) is 117 cm³/mol. The monoisotopic (exact) mass is 461 g/mol. The number of carbonyl (C=O) groups excluding carboxylic acids is 2. The zero-order chi connectivity index (χ0) is 21.8. The zero-order valence-corrected chi connectivity index (χ0v) is 17.6. The van der Waals surface area contributed by atoms with Crippen LogP contribution in [-0.2, 0) is 9.59 Å². The Morgan fingerprint density at radius 2 is 1.93 bits per heavy atom. The van der Waals surface area contributed by atoms with E-state index < -0.39 is 23.2 Å². The van der Waals surface area contributed by atoms with E-state index in [0.29, 0.717) is 14.2 Å². The third kappa shape index (κ3) is 5.18. The van der Waals surface area contributed by atoms with E-state index in [2.05, 4.69) is 5.32 Å². The smallest absolute Gasteiger partial charge is 0.335 e. The second kappa shape index (κ2) is 9.29. The molecule has 154 valence electrons. The van der Waals surface area contributed by atoms with Crippen molar-refractivity contribution in [1.82, 2.24) is 4.90 Å². The van der Waals surface area contributed by atoms with Gasteiger partial charge in [-0.3, -0.25) is 14.5 Å². The molecule has 0 atom stereocenters. The van der Waals surface area contributed by atoms with Crippen molar-refractivity contribution < 1.29 is 24.6 Å². The molecule has 2 amide bonds. The molecule has 1 heterocycles. The Hall–Kier alpha value is -2.88. The van der Waals surface area contributed by atoms with Gasteiger partial charge in [-0.1, -0.05) is 59.5 Å². The summed E-state index contributed by atoms with van der Waals surface area (Å²) >= 11 is 12.3. The molecule has 2 aromatic carbocycles. The van der Waals surface area contributed by atoms with E-state index in [1.165, 1.54) is 11.0 Å².